The number of Topliss-reactive ketones (excluding diaryl/α,β-unsaturated/α-hetero) is 3. The number of nitrogens with zero attached hydrogens (tertiary/aromatic N) is 4. The van der Waals surface area contributed by atoms with Crippen molar-refractivity contribution in [2.75, 3.05) is 38.1 Å². The molecule has 1 aromatic heterocycles. The fraction of sp³-hybridized carbons (Fsp3) is 0.451. The van der Waals surface area contributed by atoms with Gasteiger partial charge in [0, 0.05) is 67.7 Å². The molecule has 0 spiro atoms. The van der Waals surface area contributed by atoms with Crippen LogP contribution in [0.1, 0.15) is 131 Å². The molecule has 15 nitrogen and oxygen atoms in total. The number of alkyl halides is 3. The fourth-order valence-corrected chi connectivity index (χ4v) is 6.17. The minimum absolute atomic E-state index is 0.0160. The number of thiol groups is 1. The zero-order valence-corrected chi connectivity index (χ0v) is 42.8. The Morgan fingerprint density at radius 1 is 0.971 bits per heavy atom. The number of hydrogen-bond acceptors (Lipinski definition) is 14. The third kappa shape index (κ3) is 21.6. The molecular weight excluding hydrogens is 930 g/mol. The van der Waals surface area contributed by atoms with E-state index in [-0.39, 0.29) is 53.9 Å². The number of nitrogens with one attached hydrogen (secondary N) is 2. The Labute approximate surface area is 415 Å². The first-order valence-electron chi connectivity index (χ1n) is 22.5. The van der Waals surface area contributed by atoms with E-state index in [0.29, 0.717) is 72.5 Å². The summed E-state index contributed by atoms with van der Waals surface area (Å²) in [5, 5.41) is 21.9. The number of hydroxylamine groups is 1. The first kappa shape index (κ1) is 61.8. The van der Waals surface area contributed by atoms with Crippen molar-refractivity contribution in [1.29, 1.82) is 5.26 Å². The number of aldehydes is 1. The maximum Gasteiger partial charge on any atom is 0.420 e. The van der Waals surface area contributed by atoms with Crippen LogP contribution in [0, 0.1) is 30.1 Å². The van der Waals surface area contributed by atoms with E-state index in [4.69, 9.17) is 19.0 Å². The molecule has 382 valence electrons. The summed E-state index contributed by atoms with van der Waals surface area (Å²) in [5.74, 6) is 0.810. The average molecular weight is 998 g/mol. The minimum Gasteiger partial charge on any atom is -0.491 e. The lowest BCUT2D eigenvalue weighted by Gasteiger charge is -2.28. The molecule has 3 atom stereocenters. The zero-order chi connectivity index (χ0) is 53.2. The highest BCUT2D eigenvalue weighted by Gasteiger charge is 2.38. The summed E-state index contributed by atoms with van der Waals surface area (Å²) in [6, 6.07) is 18.3. The van der Waals surface area contributed by atoms with Crippen LogP contribution >= 0.6 is 12.8 Å². The van der Waals surface area contributed by atoms with E-state index >= 15 is 0 Å². The average Bonchev–Trinajstić information content (AvgIpc) is 3.31. The van der Waals surface area contributed by atoms with Gasteiger partial charge in [-0.05, 0) is 96.9 Å². The number of aryl methyl sites for hydroxylation is 1. The van der Waals surface area contributed by atoms with Crippen LogP contribution in [-0.4, -0.2) is 76.8 Å². The molecule has 0 saturated heterocycles. The Morgan fingerprint density at radius 2 is 1.61 bits per heavy atom. The topological polar surface area (TPSA) is 207 Å². The summed E-state index contributed by atoms with van der Waals surface area (Å²) in [7, 11) is 2.86. The van der Waals surface area contributed by atoms with Gasteiger partial charge in [-0.2, -0.15) is 29.1 Å². The van der Waals surface area contributed by atoms with E-state index < -0.39 is 27.1 Å². The van der Waals surface area contributed by atoms with E-state index in [2.05, 4.69) is 33.5 Å². The van der Waals surface area contributed by atoms with E-state index in [1.54, 1.807) is 63.2 Å². The molecule has 0 saturated carbocycles. The molecule has 0 aliphatic carbocycles. The number of benzene rings is 3. The highest BCUT2D eigenvalue weighted by molar-refractivity contribution is 7.74. The first-order valence-corrected chi connectivity index (χ1v) is 22.9. The van der Waals surface area contributed by atoms with Gasteiger partial charge in [-0.1, -0.05) is 59.7 Å². The van der Waals surface area contributed by atoms with Crippen LogP contribution in [-0.2, 0) is 42.1 Å². The summed E-state index contributed by atoms with van der Waals surface area (Å²) >= 11 is 3.91. The molecule has 19 heteroatoms. The Hall–Kier alpha value is -6.20. The second kappa shape index (κ2) is 30.4. The van der Waals surface area contributed by atoms with Crippen molar-refractivity contribution in [2.24, 2.45) is 11.8 Å². The number of carbonyl (C=O) groups excluding carboxylic acids is 5. The number of aromatic nitrogens is 2. The number of methoxy groups -OCH3 is 1. The number of ketones is 3. The highest BCUT2D eigenvalue weighted by atomic mass is 32.1. The third-order valence-corrected chi connectivity index (χ3v) is 10.8. The monoisotopic (exact) mass is 997 g/mol. The van der Waals surface area contributed by atoms with Gasteiger partial charge in [-0.25, -0.2) is 9.97 Å². The molecule has 4 aromatic rings. The van der Waals surface area contributed by atoms with Gasteiger partial charge in [0.2, 0.25) is 6.41 Å². The first-order chi connectivity index (χ1) is 32.8. The maximum absolute atomic E-state index is 14.0. The number of halogens is 3. The Balaban J connectivity index is 0.000000663. The molecule has 3 aromatic carbocycles. The maximum atomic E-state index is 14.0. The van der Waals surface area contributed by atoms with Crippen LogP contribution in [0.15, 0.2) is 66.9 Å². The Bertz CT molecular complexity index is 2350. The number of ether oxygens (including phenoxy) is 3. The summed E-state index contributed by atoms with van der Waals surface area (Å²) in [5.41, 5.74) is 4.38. The lowest BCUT2D eigenvalue weighted by Crippen LogP contribution is -2.36. The van der Waals surface area contributed by atoms with Gasteiger partial charge >= 0.3 is 6.18 Å². The van der Waals surface area contributed by atoms with Crippen molar-refractivity contribution in [1.82, 2.24) is 9.97 Å². The number of hydrogen-bond donors (Lipinski definition) is 4. The molecule has 1 amide bonds. The van der Waals surface area contributed by atoms with Gasteiger partial charge in [0.05, 0.1) is 23.4 Å². The van der Waals surface area contributed by atoms with Crippen LogP contribution < -0.4 is 20.2 Å². The molecule has 0 aliphatic rings. The SMILES string of the molecule is CC=O.CCC(=O)CCC(C)C(C)=O.CCC(C)C(=O)c1cc(NC=O)ccc1C.COCCCOc1c(C#N)cc(C(C)(C)c2ccc(OCc3ccnc(N[N+](C)(O)S)n3)cc2)cc1C(F)(F)F. The smallest absolute Gasteiger partial charge is 0.420 e. The van der Waals surface area contributed by atoms with E-state index in [1.165, 1.54) is 33.3 Å². The van der Waals surface area contributed by atoms with Crippen LogP contribution in [0.4, 0.5) is 24.8 Å². The van der Waals surface area contributed by atoms with Crippen LogP contribution in [0.5, 0.6) is 11.5 Å². The van der Waals surface area contributed by atoms with Crippen molar-refractivity contribution in [3.05, 3.63) is 106 Å². The molecule has 0 fully saturated rings. The van der Waals surface area contributed by atoms with E-state index in [9.17, 15) is 42.8 Å². The number of quaternary nitrogens is 1. The van der Waals surface area contributed by atoms with Gasteiger partial charge in [-0.15, -0.1) is 0 Å². The number of carbonyl (C=O) groups is 5. The predicted molar refractivity (Wildman–Crippen MR) is 264 cm³/mol. The molecule has 0 bridgehead atoms. The van der Waals surface area contributed by atoms with Crippen molar-refractivity contribution in [2.45, 2.75) is 113 Å². The quantitative estimate of drug-likeness (QED) is 0.0145. The fourth-order valence-electron chi connectivity index (χ4n) is 6.08. The molecule has 3 unspecified atom stereocenters. The predicted octanol–water partition coefficient (Wildman–Crippen LogP) is 10.7. The Kier molecular flexibility index (Phi) is 26.9. The molecule has 4 rings (SSSR count). The van der Waals surface area contributed by atoms with Crippen LogP contribution in [0.2, 0.25) is 0 Å². The summed E-state index contributed by atoms with van der Waals surface area (Å²) in [4.78, 5) is 61.0. The number of anilines is 2. The highest BCUT2D eigenvalue weighted by Crippen LogP contribution is 2.43. The molecular formula is C51H68F3N6O9S+. The Morgan fingerprint density at radius 3 is 2.14 bits per heavy atom. The van der Waals surface area contributed by atoms with Crippen molar-refractivity contribution < 1.29 is 60.7 Å². The van der Waals surface area contributed by atoms with Gasteiger partial charge in [-0.3, -0.25) is 19.2 Å². The molecule has 0 radical (unpaired) electrons. The second-order valence-corrected chi connectivity index (χ2v) is 17.5. The zero-order valence-electron chi connectivity index (χ0n) is 41.9. The molecule has 1 heterocycles. The minimum atomic E-state index is -4.72. The van der Waals surface area contributed by atoms with Crippen LogP contribution in [0.25, 0.3) is 0 Å². The third-order valence-electron chi connectivity index (χ3n) is 10.7. The van der Waals surface area contributed by atoms with Gasteiger partial charge < -0.3 is 24.3 Å². The largest absolute Gasteiger partial charge is 0.491 e. The number of amides is 1. The summed E-state index contributed by atoms with van der Waals surface area (Å²) in [6.07, 6.45) is 1.20. The van der Waals surface area contributed by atoms with Crippen molar-refractivity contribution in [3.63, 3.8) is 0 Å². The van der Waals surface area contributed by atoms with Crippen molar-refractivity contribution in [3.8, 4) is 17.6 Å². The molecule has 0 aliphatic heterocycles. The van der Waals surface area contributed by atoms with Crippen molar-refractivity contribution >= 4 is 54.5 Å². The second-order valence-electron chi connectivity index (χ2n) is 16.7. The standard InChI is InChI=1S/C27H31F3N5O4S.C13H17NO2.C9H16O2.C2H4O/c1-26(2,20-14-18(16-31)24(38-13-5-12-37-4)23(15-20)27(28,29)30)19-6-8-22(9-7-19)39-17-21-10-11-32-25(33-21)34-35(3,36)40;1-4-9(2)13(16)12-7-11(14-8-15)6-5-10(12)3;1-4-9(11)6-5-7(2)8(3)10;1-2-3/h6-11,14-15,36,40H,5,12-13,17H2,1-4H3,(H,32,33,34);5-9H,4H2,1-3H3,(H,14,15);7H,4-6H2,1-3H3;2H,1H3/q+1;;;. The van der Waals surface area contributed by atoms with E-state index in [0.717, 1.165) is 24.3 Å². The number of nitriles is 1. The lowest BCUT2D eigenvalue weighted by atomic mass is 9.77. The summed E-state index contributed by atoms with van der Waals surface area (Å²) in [6.45, 7) is 16.5. The molecule has 70 heavy (non-hydrogen) atoms. The summed E-state index contributed by atoms with van der Waals surface area (Å²) < 4.78 is 57.4. The van der Waals surface area contributed by atoms with Crippen LogP contribution in [0.3, 0.4) is 0 Å². The molecule has 3 N–H and O–H groups in total. The van der Waals surface area contributed by atoms with Gasteiger partial charge in [0.1, 0.15) is 61.9 Å². The normalized spacial score (nSPS) is 12.5. The van der Waals surface area contributed by atoms with Gasteiger partial charge in [0.25, 0.3) is 5.95 Å². The van der Waals surface area contributed by atoms with E-state index in [1.807, 2.05) is 46.8 Å². The van der Waals surface area contributed by atoms with Gasteiger partial charge in [0.15, 0.2) is 5.78 Å². The lowest BCUT2D eigenvalue weighted by molar-refractivity contribution is -0.955. The number of rotatable bonds is 22.